The lowest BCUT2D eigenvalue weighted by atomic mass is 9.96. The number of ether oxygens (including phenoxy) is 1. The topological polar surface area (TPSA) is 88.8 Å². The number of nitrogens with zero attached hydrogens (tertiary/aromatic N) is 1. The molecule has 31 heavy (non-hydrogen) atoms. The lowest BCUT2D eigenvalue weighted by molar-refractivity contribution is -0.138. The van der Waals surface area contributed by atoms with Crippen LogP contribution >= 0.6 is 0 Å². The number of aliphatic hydroxyl groups excluding tert-OH is 1. The number of pyridine rings is 1. The van der Waals surface area contributed by atoms with Gasteiger partial charge in [-0.05, 0) is 37.4 Å². The summed E-state index contributed by atoms with van der Waals surface area (Å²) in [5, 5.41) is 20.1. The minimum absolute atomic E-state index is 0.213. The number of rotatable bonds is 7. The van der Waals surface area contributed by atoms with E-state index in [0.717, 1.165) is 0 Å². The zero-order chi connectivity index (χ0) is 22.7. The molecule has 1 atom stereocenters. The summed E-state index contributed by atoms with van der Waals surface area (Å²) in [6.45, 7) is 3.73. The first kappa shape index (κ1) is 22.2. The Hall–Kier alpha value is -3.45. The van der Waals surface area contributed by atoms with Gasteiger partial charge in [-0.1, -0.05) is 30.4 Å². The number of carboxylic acids is 1. The zero-order valence-corrected chi connectivity index (χ0v) is 17.5. The van der Waals surface area contributed by atoms with Crippen molar-refractivity contribution in [1.29, 1.82) is 0 Å². The van der Waals surface area contributed by atoms with Gasteiger partial charge >= 0.3 is 5.97 Å². The van der Waals surface area contributed by atoms with Crippen LogP contribution < -0.4 is 10.3 Å². The highest BCUT2D eigenvalue weighted by Gasteiger charge is 2.21. The quantitative estimate of drug-likeness (QED) is 0.591. The molecule has 1 unspecified atom stereocenters. The van der Waals surface area contributed by atoms with Crippen LogP contribution in [0.15, 0.2) is 53.3 Å². The number of hydrogen-bond donors (Lipinski definition) is 2. The first-order valence-corrected chi connectivity index (χ1v) is 9.83. The molecular weight excluding hydrogens is 401 g/mol. The summed E-state index contributed by atoms with van der Waals surface area (Å²) in [6.07, 6.45) is 1.32. The summed E-state index contributed by atoms with van der Waals surface area (Å²) in [6, 6.07) is 10.9. The largest absolute Gasteiger partial charge is 0.496 e. The molecule has 2 N–H and O–H groups in total. The highest BCUT2D eigenvalue weighted by atomic mass is 19.1. The van der Waals surface area contributed by atoms with Crippen molar-refractivity contribution in [3.63, 3.8) is 0 Å². The third-order valence-electron chi connectivity index (χ3n) is 4.97. The highest BCUT2D eigenvalue weighted by Crippen LogP contribution is 2.37. The van der Waals surface area contributed by atoms with Crippen molar-refractivity contribution in [2.24, 2.45) is 0 Å². The lowest BCUT2D eigenvalue weighted by Crippen LogP contribution is -2.25. The minimum atomic E-state index is -1.21. The van der Waals surface area contributed by atoms with Crippen molar-refractivity contribution in [3.05, 3.63) is 70.3 Å². The molecule has 0 amide bonds. The van der Waals surface area contributed by atoms with Crippen LogP contribution in [0.2, 0.25) is 0 Å². The normalized spacial score (nSPS) is 12.6. The van der Waals surface area contributed by atoms with Gasteiger partial charge in [0.25, 0.3) is 5.56 Å². The lowest BCUT2D eigenvalue weighted by Gasteiger charge is -2.22. The maximum absolute atomic E-state index is 13.9. The van der Waals surface area contributed by atoms with E-state index >= 15 is 0 Å². The van der Waals surface area contributed by atoms with Gasteiger partial charge in [0, 0.05) is 28.6 Å². The first-order chi connectivity index (χ1) is 14.7. The Bertz CT molecular complexity index is 1210. The number of carboxylic acid groups (broad SMARTS) is 1. The van der Waals surface area contributed by atoms with Gasteiger partial charge in [0.05, 0.1) is 25.3 Å². The van der Waals surface area contributed by atoms with Crippen molar-refractivity contribution < 1.29 is 24.1 Å². The van der Waals surface area contributed by atoms with Gasteiger partial charge in [-0.3, -0.25) is 9.59 Å². The first-order valence-electron chi connectivity index (χ1n) is 9.83. The Morgan fingerprint density at radius 2 is 1.87 bits per heavy atom. The smallest absolute Gasteiger partial charge is 0.306 e. The van der Waals surface area contributed by atoms with Crippen LogP contribution in [0.3, 0.4) is 0 Å². The summed E-state index contributed by atoms with van der Waals surface area (Å²) in [7, 11) is 1.42. The van der Waals surface area contributed by atoms with Gasteiger partial charge in [0.15, 0.2) is 0 Å². The number of aliphatic hydroxyl groups is 1. The number of methoxy groups -OCH3 is 1. The highest BCUT2D eigenvalue weighted by molar-refractivity contribution is 5.96. The Kier molecular flexibility index (Phi) is 6.56. The molecule has 0 saturated carbocycles. The summed E-state index contributed by atoms with van der Waals surface area (Å²) >= 11 is 0. The minimum Gasteiger partial charge on any atom is -0.496 e. The predicted octanol–water partition coefficient (Wildman–Crippen LogP) is 4.25. The summed E-state index contributed by atoms with van der Waals surface area (Å²) < 4.78 is 20.9. The fourth-order valence-electron chi connectivity index (χ4n) is 3.64. The molecule has 0 spiro atoms. The van der Waals surface area contributed by atoms with Crippen LogP contribution in [0, 0.1) is 5.82 Å². The Morgan fingerprint density at radius 1 is 1.19 bits per heavy atom. The van der Waals surface area contributed by atoms with E-state index in [9.17, 15) is 19.1 Å². The Balaban J connectivity index is 2.43. The second kappa shape index (κ2) is 9.14. The zero-order valence-electron chi connectivity index (χ0n) is 17.5. The summed E-state index contributed by atoms with van der Waals surface area (Å²) in [5.74, 6) is -1.35. The molecule has 1 aromatic heterocycles. The van der Waals surface area contributed by atoms with Crippen LogP contribution in [0.4, 0.5) is 4.39 Å². The molecule has 0 radical (unpaired) electrons. The summed E-state index contributed by atoms with van der Waals surface area (Å²) in [4.78, 5) is 24.3. The molecule has 0 fully saturated rings. The molecule has 3 rings (SSSR count). The van der Waals surface area contributed by atoms with Crippen molar-refractivity contribution in [1.82, 2.24) is 4.57 Å². The second-order valence-electron chi connectivity index (χ2n) is 7.45. The molecule has 6 nitrogen and oxygen atoms in total. The molecule has 162 valence electrons. The molecular formula is C24H24FNO5. The molecule has 0 bridgehead atoms. The van der Waals surface area contributed by atoms with E-state index in [4.69, 9.17) is 9.84 Å². The second-order valence-corrected chi connectivity index (χ2v) is 7.45. The van der Waals surface area contributed by atoms with Gasteiger partial charge < -0.3 is 19.5 Å². The Labute approximate surface area is 178 Å². The monoisotopic (exact) mass is 425 g/mol. The molecule has 1 heterocycles. The van der Waals surface area contributed by atoms with Gasteiger partial charge in [-0.15, -0.1) is 0 Å². The van der Waals surface area contributed by atoms with Gasteiger partial charge in [0.1, 0.15) is 11.6 Å². The van der Waals surface area contributed by atoms with Crippen molar-refractivity contribution in [2.75, 3.05) is 7.11 Å². The maximum Gasteiger partial charge on any atom is 0.306 e. The molecule has 2 aromatic carbocycles. The number of fused-ring (bicyclic) bond motifs is 1. The molecule has 0 aliphatic heterocycles. The fraction of sp³-hybridized carbons (Fsp3) is 0.250. The van der Waals surface area contributed by atoms with Crippen LogP contribution in [-0.2, 0) is 4.79 Å². The van der Waals surface area contributed by atoms with E-state index in [1.165, 1.54) is 25.3 Å². The van der Waals surface area contributed by atoms with Gasteiger partial charge in [-0.25, -0.2) is 4.39 Å². The van der Waals surface area contributed by atoms with Crippen molar-refractivity contribution >= 4 is 22.8 Å². The van der Waals surface area contributed by atoms with E-state index in [1.807, 2.05) is 13.8 Å². The van der Waals surface area contributed by atoms with E-state index in [-0.39, 0.29) is 17.4 Å². The number of hydrogen-bond acceptors (Lipinski definition) is 4. The maximum atomic E-state index is 13.9. The van der Waals surface area contributed by atoms with E-state index in [0.29, 0.717) is 27.6 Å². The van der Waals surface area contributed by atoms with Crippen LogP contribution in [0.5, 0.6) is 5.75 Å². The van der Waals surface area contributed by atoms with E-state index in [1.54, 1.807) is 41.0 Å². The number of aromatic nitrogens is 1. The third kappa shape index (κ3) is 4.51. The fourth-order valence-corrected chi connectivity index (χ4v) is 3.64. The van der Waals surface area contributed by atoms with E-state index in [2.05, 4.69) is 0 Å². The number of halogens is 1. The van der Waals surface area contributed by atoms with Crippen LogP contribution in [0.1, 0.15) is 31.9 Å². The molecule has 0 aliphatic carbocycles. The Morgan fingerprint density at radius 3 is 2.48 bits per heavy atom. The molecule has 3 aromatic rings. The molecule has 7 heteroatoms. The third-order valence-corrected chi connectivity index (χ3v) is 4.97. The van der Waals surface area contributed by atoms with Crippen molar-refractivity contribution in [3.8, 4) is 17.0 Å². The standard InChI is InChI=1S/C24H24FNO5/c1-14(2)26-23(20-10-8-15(25)12-21(20)31-3)18(11-9-16(27)13-22(28)29)17-6-4-5-7-19(17)24(26)30/h4-12,14,16,27H,13H2,1-3H3,(H,28,29)/b11-9+. The van der Waals surface area contributed by atoms with E-state index < -0.39 is 24.3 Å². The van der Waals surface area contributed by atoms with Crippen molar-refractivity contribution in [2.45, 2.75) is 32.4 Å². The number of benzene rings is 2. The summed E-state index contributed by atoms with van der Waals surface area (Å²) in [5.41, 5.74) is 1.38. The van der Waals surface area contributed by atoms with Crippen LogP contribution in [-0.4, -0.2) is 34.0 Å². The average molecular weight is 425 g/mol. The SMILES string of the molecule is COc1cc(F)ccc1-c1c(/C=C/C(O)CC(=O)O)c2ccccc2c(=O)n1C(C)C. The molecule has 0 saturated heterocycles. The number of aliphatic carboxylic acids is 1. The number of carbonyl (C=O) groups is 1. The van der Waals surface area contributed by atoms with Gasteiger partial charge in [0.2, 0.25) is 0 Å². The average Bonchev–Trinajstić information content (AvgIpc) is 2.72. The van der Waals surface area contributed by atoms with Gasteiger partial charge in [-0.2, -0.15) is 0 Å². The molecule has 0 aliphatic rings. The van der Waals surface area contributed by atoms with Crippen LogP contribution in [0.25, 0.3) is 28.1 Å². The predicted molar refractivity (Wildman–Crippen MR) is 118 cm³/mol.